The molecule has 0 amide bonds. The first-order valence-corrected chi connectivity index (χ1v) is 7.46. The number of hydrogen-bond donors (Lipinski definition) is 2. The van der Waals surface area contributed by atoms with Crippen molar-refractivity contribution in [2.75, 3.05) is 11.9 Å². The van der Waals surface area contributed by atoms with Crippen LogP contribution < -0.4 is 5.32 Å². The predicted octanol–water partition coefficient (Wildman–Crippen LogP) is 4.39. The van der Waals surface area contributed by atoms with Gasteiger partial charge in [-0.25, -0.2) is 0 Å². The van der Waals surface area contributed by atoms with Crippen LogP contribution in [0.25, 0.3) is 0 Å². The van der Waals surface area contributed by atoms with Crippen molar-refractivity contribution < 1.29 is 5.11 Å². The number of aliphatic hydroxyl groups is 1. The van der Waals surface area contributed by atoms with Gasteiger partial charge >= 0.3 is 0 Å². The monoisotopic (exact) mass is 333 g/mol. The van der Waals surface area contributed by atoms with Crippen LogP contribution in [0.1, 0.15) is 23.6 Å². The minimum atomic E-state index is -0.501. The standard InChI is InChI=1S/C17H20BrNO/c1-12-7-8-16(13(2)9-12)17(3,11-20)19-15-6-4-5-14(18)10-15/h4-10,19-20H,11H2,1-3H3. The topological polar surface area (TPSA) is 32.3 Å². The molecule has 0 aliphatic carbocycles. The van der Waals surface area contributed by atoms with Crippen LogP contribution >= 0.6 is 15.9 Å². The summed E-state index contributed by atoms with van der Waals surface area (Å²) in [5.41, 5.74) is 4.01. The summed E-state index contributed by atoms with van der Waals surface area (Å²) in [6.07, 6.45) is 0. The zero-order valence-electron chi connectivity index (χ0n) is 12.1. The second-order valence-corrected chi connectivity index (χ2v) is 6.36. The molecule has 1 atom stereocenters. The number of rotatable bonds is 4. The molecular formula is C17H20BrNO. The van der Waals surface area contributed by atoms with Crippen LogP contribution in [0.5, 0.6) is 0 Å². The highest BCUT2D eigenvalue weighted by Gasteiger charge is 2.27. The van der Waals surface area contributed by atoms with Gasteiger partial charge in [0, 0.05) is 10.2 Å². The van der Waals surface area contributed by atoms with Gasteiger partial charge in [0.15, 0.2) is 0 Å². The van der Waals surface area contributed by atoms with Crippen molar-refractivity contribution in [3.8, 4) is 0 Å². The summed E-state index contributed by atoms with van der Waals surface area (Å²) in [7, 11) is 0. The molecule has 0 fully saturated rings. The number of benzene rings is 2. The number of anilines is 1. The molecule has 20 heavy (non-hydrogen) atoms. The van der Waals surface area contributed by atoms with Crippen molar-refractivity contribution in [2.24, 2.45) is 0 Å². The van der Waals surface area contributed by atoms with Gasteiger partial charge in [0.1, 0.15) is 0 Å². The fourth-order valence-electron chi connectivity index (χ4n) is 2.51. The Balaban J connectivity index is 2.38. The van der Waals surface area contributed by atoms with Gasteiger partial charge in [-0.05, 0) is 50.1 Å². The van der Waals surface area contributed by atoms with Gasteiger partial charge in [0.05, 0.1) is 12.1 Å². The Bertz CT molecular complexity index is 612. The summed E-state index contributed by atoms with van der Waals surface area (Å²) in [5, 5.41) is 13.3. The van der Waals surface area contributed by atoms with Crippen LogP contribution in [-0.2, 0) is 5.54 Å². The largest absolute Gasteiger partial charge is 0.394 e. The average Bonchev–Trinajstić information content (AvgIpc) is 2.38. The first-order valence-electron chi connectivity index (χ1n) is 6.67. The van der Waals surface area contributed by atoms with Gasteiger partial charge in [0.2, 0.25) is 0 Å². The molecule has 1 unspecified atom stereocenters. The number of aryl methyl sites for hydroxylation is 2. The summed E-state index contributed by atoms with van der Waals surface area (Å²) in [5.74, 6) is 0. The van der Waals surface area contributed by atoms with Crippen LogP contribution in [0.2, 0.25) is 0 Å². The predicted molar refractivity (Wildman–Crippen MR) is 88.1 cm³/mol. The molecule has 3 heteroatoms. The van der Waals surface area contributed by atoms with Crippen molar-refractivity contribution in [1.82, 2.24) is 0 Å². The fourth-order valence-corrected chi connectivity index (χ4v) is 2.91. The molecular weight excluding hydrogens is 314 g/mol. The van der Waals surface area contributed by atoms with Crippen LogP contribution in [0.3, 0.4) is 0 Å². The van der Waals surface area contributed by atoms with Crippen LogP contribution in [0.4, 0.5) is 5.69 Å². The minimum Gasteiger partial charge on any atom is -0.394 e. The molecule has 0 radical (unpaired) electrons. The van der Waals surface area contributed by atoms with E-state index >= 15 is 0 Å². The average molecular weight is 334 g/mol. The van der Waals surface area contributed by atoms with Gasteiger partial charge in [-0.15, -0.1) is 0 Å². The number of nitrogens with one attached hydrogen (secondary N) is 1. The molecule has 0 bridgehead atoms. The lowest BCUT2D eigenvalue weighted by Crippen LogP contribution is -2.36. The highest BCUT2D eigenvalue weighted by atomic mass is 79.9. The minimum absolute atomic E-state index is 0.0312. The van der Waals surface area contributed by atoms with E-state index in [1.54, 1.807) is 0 Å². The molecule has 0 aromatic heterocycles. The molecule has 0 aliphatic rings. The maximum absolute atomic E-state index is 9.89. The summed E-state index contributed by atoms with van der Waals surface area (Å²) in [6, 6.07) is 14.3. The third-order valence-corrected chi connectivity index (χ3v) is 4.03. The fraction of sp³-hybridized carbons (Fsp3) is 0.294. The Hall–Kier alpha value is -1.32. The van der Waals surface area contributed by atoms with E-state index in [9.17, 15) is 5.11 Å². The smallest absolute Gasteiger partial charge is 0.0830 e. The van der Waals surface area contributed by atoms with Crippen molar-refractivity contribution in [3.05, 3.63) is 63.6 Å². The van der Waals surface area contributed by atoms with E-state index in [-0.39, 0.29) is 6.61 Å². The molecule has 2 aromatic carbocycles. The molecule has 0 heterocycles. The lowest BCUT2D eigenvalue weighted by molar-refractivity contribution is 0.223. The summed E-state index contributed by atoms with van der Waals surface area (Å²) in [4.78, 5) is 0. The van der Waals surface area contributed by atoms with Gasteiger partial charge < -0.3 is 10.4 Å². The van der Waals surface area contributed by atoms with Gasteiger partial charge in [0.25, 0.3) is 0 Å². The lowest BCUT2D eigenvalue weighted by Gasteiger charge is -2.32. The van der Waals surface area contributed by atoms with Crippen LogP contribution in [-0.4, -0.2) is 11.7 Å². The normalized spacial score (nSPS) is 13.8. The van der Waals surface area contributed by atoms with Crippen LogP contribution in [0.15, 0.2) is 46.9 Å². The molecule has 0 aliphatic heterocycles. The number of hydrogen-bond acceptors (Lipinski definition) is 2. The van der Waals surface area contributed by atoms with E-state index in [4.69, 9.17) is 0 Å². The number of halogens is 1. The van der Waals surface area contributed by atoms with E-state index in [0.29, 0.717) is 0 Å². The first kappa shape index (κ1) is 15.1. The maximum atomic E-state index is 9.89. The quantitative estimate of drug-likeness (QED) is 0.869. The summed E-state index contributed by atoms with van der Waals surface area (Å²) >= 11 is 3.47. The van der Waals surface area contributed by atoms with E-state index in [0.717, 1.165) is 15.7 Å². The van der Waals surface area contributed by atoms with Gasteiger partial charge in [-0.3, -0.25) is 0 Å². The summed E-state index contributed by atoms with van der Waals surface area (Å²) in [6.45, 7) is 6.21. The molecule has 106 valence electrons. The molecule has 0 saturated heterocycles. The SMILES string of the molecule is Cc1ccc(C(C)(CO)Nc2cccc(Br)c2)c(C)c1. The Morgan fingerprint density at radius 1 is 1.15 bits per heavy atom. The van der Waals surface area contributed by atoms with E-state index < -0.39 is 5.54 Å². The van der Waals surface area contributed by atoms with Crippen molar-refractivity contribution in [1.29, 1.82) is 0 Å². The molecule has 2 aromatic rings. The molecule has 2 N–H and O–H groups in total. The maximum Gasteiger partial charge on any atom is 0.0830 e. The van der Waals surface area contributed by atoms with Gasteiger partial charge in [-0.1, -0.05) is 45.8 Å². The highest BCUT2D eigenvalue weighted by molar-refractivity contribution is 9.10. The van der Waals surface area contributed by atoms with Crippen molar-refractivity contribution in [3.63, 3.8) is 0 Å². The zero-order valence-corrected chi connectivity index (χ0v) is 13.7. The van der Waals surface area contributed by atoms with E-state index in [1.165, 1.54) is 11.1 Å². The highest BCUT2D eigenvalue weighted by Crippen LogP contribution is 2.29. The Morgan fingerprint density at radius 2 is 1.90 bits per heavy atom. The van der Waals surface area contributed by atoms with Crippen molar-refractivity contribution >= 4 is 21.6 Å². The third kappa shape index (κ3) is 3.22. The molecule has 0 spiro atoms. The molecule has 0 saturated carbocycles. The van der Waals surface area contributed by atoms with E-state index in [1.807, 2.05) is 31.2 Å². The van der Waals surface area contributed by atoms with Crippen molar-refractivity contribution in [2.45, 2.75) is 26.3 Å². The zero-order chi connectivity index (χ0) is 14.8. The third-order valence-electron chi connectivity index (χ3n) is 3.54. The summed E-state index contributed by atoms with van der Waals surface area (Å²) < 4.78 is 1.02. The Labute approximate surface area is 129 Å². The number of aliphatic hydroxyl groups excluding tert-OH is 1. The van der Waals surface area contributed by atoms with Gasteiger partial charge in [-0.2, -0.15) is 0 Å². The first-order chi connectivity index (χ1) is 9.44. The van der Waals surface area contributed by atoms with E-state index in [2.05, 4.69) is 53.3 Å². The second-order valence-electron chi connectivity index (χ2n) is 5.44. The second kappa shape index (κ2) is 5.98. The Morgan fingerprint density at radius 3 is 2.50 bits per heavy atom. The van der Waals surface area contributed by atoms with Crippen LogP contribution in [0, 0.1) is 13.8 Å². The molecule has 2 nitrogen and oxygen atoms in total. The Kier molecular flexibility index (Phi) is 4.51. The lowest BCUT2D eigenvalue weighted by atomic mass is 9.88. The molecule has 2 rings (SSSR count).